The fourth-order valence-electron chi connectivity index (χ4n) is 7.80. The van der Waals surface area contributed by atoms with Crippen LogP contribution < -0.4 is 9.47 Å². The quantitative estimate of drug-likeness (QED) is 0.0360. The van der Waals surface area contributed by atoms with Gasteiger partial charge in [-0.25, -0.2) is 19.6 Å². The summed E-state index contributed by atoms with van der Waals surface area (Å²) in [6.07, 6.45) is 42.9. The zero-order valence-electron chi connectivity index (χ0n) is 41.4. The summed E-state index contributed by atoms with van der Waals surface area (Å²) in [6.45, 7) is 13.1. The van der Waals surface area contributed by atoms with Crippen LogP contribution in [-0.4, -0.2) is 82.9 Å². The average Bonchev–Trinajstić information content (AvgIpc) is 3.94. The molecule has 2 heterocycles. The number of unbranched alkanes of at least 4 members (excludes halogenated alkanes) is 26. The van der Waals surface area contributed by atoms with Crippen LogP contribution in [0.4, 0.5) is 0 Å². The molecule has 0 spiro atoms. The van der Waals surface area contributed by atoms with E-state index in [2.05, 4.69) is 37.7 Å². The molecule has 0 aliphatic carbocycles. The van der Waals surface area contributed by atoms with Crippen molar-refractivity contribution in [1.29, 1.82) is 0 Å². The highest BCUT2D eigenvalue weighted by molar-refractivity contribution is 6.30. The van der Waals surface area contributed by atoms with E-state index in [-0.39, 0.29) is 24.2 Å². The standard InChI is InChI=1S/C52H94N4O8/c1-5-9-13-17-19-21-23-25-29-31-39-59-45-47(61-41-33-27-15-11-7-3)43-55-37-35-53-51(55)63-49(57)50(58)64-52-54-36-38-56(52)44-48(62-42-34-28-16-12-8-4)46-60-40-32-30-26-24-22-20-18-14-10-6-2/h35-38,47-48H,5-34,39-46H2,1-4H3. The number of esters is 2. The van der Waals surface area contributed by atoms with E-state index in [9.17, 15) is 9.59 Å². The van der Waals surface area contributed by atoms with Crippen LogP contribution in [0.15, 0.2) is 24.8 Å². The summed E-state index contributed by atoms with van der Waals surface area (Å²) < 4.78 is 39.1. The summed E-state index contributed by atoms with van der Waals surface area (Å²) in [4.78, 5) is 34.7. The lowest BCUT2D eigenvalue weighted by molar-refractivity contribution is -0.157. The monoisotopic (exact) mass is 903 g/mol. The van der Waals surface area contributed by atoms with Crippen molar-refractivity contribution in [3.8, 4) is 12.0 Å². The highest BCUT2D eigenvalue weighted by atomic mass is 16.6. The molecular weight excluding hydrogens is 809 g/mol. The van der Waals surface area contributed by atoms with Crippen LogP contribution in [0.1, 0.15) is 220 Å². The number of carbonyl (C=O) groups is 2. The largest absolute Gasteiger partial charge is 0.425 e. The van der Waals surface area contributed by atoms with E-state index in [1.165, 1.54) is 154 Å². The maximum absolute atomic E-state index is 13.1. The van der Waals surface area contributed by atoms with Gasteiger partial charge in [0, 0.05) is 51.2 Å². The van der Waals surface area contributed by atoms with Gasteiger partial charge in [0.25, 0.3) is 0 Å². The Morgan fingerprint density at radius 3 is 1.02 bits per heavy atom. The van der Waals surface area contributed by atoms with Gasteiger partial charge in [-0.1, -0.05) is 195 Å². The highest BCUT2D eigenvalue weighted by Gasteiger charge is 2.25. The Morgan fingerprint density at radius 2 is 0.703 bits per heavy atom. The van der Waals surface area contributed by atoms with E-state index in [0.717, 1.165) is 51.4 Å². The van der Waals surface area contributed by atoms with Crippen molar-refractivity contribution in [3.05, 3.63) is 24.8 Å². The van der Waals surface area contributed by atoms with Crippen LogP contribution in [0.2, 0.25) is 0 Å². The van der Waals surface area contributed by atoms with Gasteiger partial charge < -0.3 is 28.4 Å². The molecule has 370 valence electrons. The molecule has 0 aliphatic heterocycles. The van der Waals surface area contributed by atoms with Gasteiger partial charge >= 0.3 is 24.0 Å². The zero-order valence-corrected chi connectivity index (χ0v) is 41.4. The Kier molecular flexibility index (Phi) is 37.3. The molecule has 0 saturated carbocycles. The van der Waals surface area contributed by atoms with Crippen LogP contribution in [0, 0.1) is 0 Å². The second-order valence-electron chi connectivity index (χ2n) is 17.8. The van der Waals surface area contributed by atoms with Crippen LogP contribution in [0.5, 0.6) is 12.0 Å². The molecule has 0 amide bonds. The van der Waals surface area contributed by atoms with E-state index in [1.807, 2.05) is 0 Å². The number of nitrogens with zero attached hydrogens (tertiary/aromatic N) is 4. The summed E-state index contributed by atoms with van der Waals surface area (Å²) in [5.74, 6) is -2.38. The van der Waals surface area contributed by atoms with Gasteiger partial charge in [0.2, 0.25) is 0 Å². The number of hydrogen-bond donors (Lipinski definition) is 0. The van der Waals surface area contributed by atoms with E-state index in [1.54, 1.807) is 21.5 Å². The van der Waals surface area contributed by atoms with Crippen molar-refractivity contribution in [2.45, 2.75) is 246 Å². The molecule has 12 nitrogen and oxygen atoms in total. The predicted octanol–water partition coefficient (Wildman–Crippen LogP) is 13.2. The number of imidazole rings is 2. The predicted molar refractivity (Wildman–Crippen MR) is 258 cm³/mol. The number of aromatic nitrogens is 4. The summed E-state index contributed by atoms with van der Waals surface area (Å²) in [5.41, 5.74) is 0. The first-order valence-electron chi connectivity index (χ1n) is 26.4. The van der Waals surface area contributed by atoms with Gasteiger partial charge in [-0.15, -0.1) is 0 Å². The van der Waals surface area contributed by atoms with Crippen molar-refractivity contribution in [2.75, 3.05) is 39.6 Å². The molecule has 2 aromatic heterocycles. The first-order valence-corrected chi connectivity index (χ1v) is 26.4. The number of carbonyl (C=O) groups excluding carboxylic acids is 2. The first kappa shape index (κ1) is 57.3. The van der Waals surface area contributed by atoms with E-state index in [0.29, 0.717) is 52.7 Å². The molecule has 0 saturated heterocycles. The van der Waals surface area contributed by atoms with Gasteiger partial charge in [-0.3, -0.25) is 9.13 Å². The van der Waals surface area contributed by atoms with Crippen molar-refractivity contribution < 1.29 is 38.0 Å². The van der Waals surface area contributed by atoms with Gasteiger partial charge in [0.05, 0.1) is 38.5 Å². The molecule has 2 unspecified atom stereocenters. The van der Waals surface area contributed by atoms with E-state index >= 15 is 0 Å². The summed E-state index contributed by atoms with van der Waals surface area (Å²) >= 11 is 0. The minimum absolute atomic E-state index is 0.0107. The highest BCUT2D eigenvalue weighted by Crippen LogP contribution is 2.17. The van der Waals surface area contributed by atoms with Gasteiger partial charge in [-0.2, -0.15) is 0 Å². The lowest BCUT2D eigenvalue weighted by Gasteiger charge is -2.20. The lowest BCUT2D eigenvalue weighted by atomic mass is 10.1. The number of hydrogen-bond acceptors (Lipinski definition) is 10. The van der Waals surface area contributed by atoms with Crippen LogP contribution in [0.25, 0.3) is 0 Å². The molecule has 0 radical (unpaired) electrons. The second-order valence-corrected chi connectivity index (χ2v) is 17.8. The molecule has 0 N–H and O–H groups in total. The zero-order chi connectivity index (χ0) is 46.0. The maximum atomic E-state index is 13.1. The Balaban J connectivity index is 1.88. The molecule has 0 bridgehead atoms. The Labute approximate surface area is 390 Å². The third-order valence-electron chi connectivity index (χ3n) is 11.8. The fourth-order valence-corrected chi connectivity index (χ4v) is 7.80. The summed E-state index contributed by atoms with van der Waals surface area (Å²) in [6, 6.07) is -0.0213. The van der Waals surface area contributed by atoms with E-state index in [4.69, 9.17) is 28.4 Å². The first-order chi connectivity index (χ1) is 31.5. The number of rotatable bonds is 46. The van der Waals surface area contributed by atoms with Gasteiger partial charge in [0.15, 0.2) is 0 Å². The lowest BCUT2D eigenvalue weighted by Crippen LogP contribution is -2.30. The maximum Gasteiger partial charge on any atom is 0.425 e. The third-order valence-corrected chi connectivity index (χ3v) is 11.8. The summed E-state index contributed by atoms with van der Waals surface area (Å²) in [5, 5.41) is 0. The van der Waals surface area contributed by atoms with Crippen molar-refractivity contribution in [1.82, 2.24) is 19.1 Å². The van der Waals surface area contributed by atoms with Crippen LogP contribution in [0.3, 0.4) is 0 Å². The van der Waals surface area contributed by atoms with Gasteiger partial charge in [-0.05, 0) is 25.7 Å². The normalized spacial score (nSPS) is 12.5. The molecule has 2 atom stereocenters. The topological polar surface area (TPSA) is 125 Å². The molecule has 0 aliphatic rings. The minimum Gasteiger partial charge on any atom is -0.383 e. The SMILES string of the molecule is CCCCCCCCCCCCOCC(Cn1ccnc1OC(=O)C(=O)Oc1nccn1CC(COCCCCCCCCCCCC)OCCCCCCC)OCCCCCCC. The molecule has 0 fully saturated rings. The van der Waals surface area contributed by atoms with Crippen molar-refractivity contribution in [2.24, 2.45) is 0 Å². The van der Waals surface area contributed by atoms with Crippen LogP contribution in [-0.2, 0) is 41.6 Å². The Hall–Kier alpha value is -2.80. The molecule has 2 aromatic rings. The molecule has 2 rings (SSSR count). The third kappa shape index (κ3) is 30.4. The molecule has 12 heteroatoms. The minimum atomic E-state index is -1.19. The van der Waals surface area contributed by atoms with Gasteiger partial charge in [0.1, 0.15) is 0 Å². The molecule has 0 aromatic carbocycles. The Bertz CT molecular complexity index is 1250. The Morgan fingerprint density at radius 1 is 0.422 bits per heavy atom. The van der Waals surface area contributed by atoms with Crippen molar-refractivity contribution >= 4 is 11.9 Å². The molecular formula is C52H94N4O8. The smallest absolute Gasteiger partial charge is 0.383 e. The molecule has 64 heavy (non-hydrogen) atoms. The number of ether oxygens (including phenoxy) is 6. The van der Waals surface area contributed by atoms with Crippen LogP contribution >= 0.6 is 0 Å². The fraction of sp³-hybridized carbons (Fsp3) is 0.846. The van der Waals surface area contributed by atoms with E-state index < -0.39 is 11.9 Å². The van der Waals surface area contributed by atoms with Crippen molar-refractivity contribution in [3.63, 3.8) is 0 Å². The summed E-state index contributed by atoms with van der Waals surface area (Å²) in [7, 11) is 0. The second kappa shape index (κ2) is 41.6. The average molecular weight is 903 g/mol.